The van der Waals surface area contributed by atoms with Crippen LogP contribution in [0.15, 0.2) is 54.9 Å². The molecule has 9 nitrogen and oxygen atoms in total. The van der Waals surface area contributed by atoms with E-state index in [0.29, 0.717) is 0 Å². The van der Waals surface area contributed by atoms with Crippen LogP contribution in [0.25, 0.3) is 44.5 Å². The maximum Gasteiger partial charge on any atom is 0.147 e. The Labute approximate surface area is 208 Å². The average molecular weight is 480 g/mol. The Morgan fingerprint density at radius 2 is 1.78 bits per heavy atom. The molecule has 0 atom stereocenters. The van der Waals surface area contributed by atoms with Crippen LogP contribution in [-0.2, 0) is 0 Å². The van der Waals surface area contributed by atoms with Crippen molar-refractivity contribution in [3.8, 4) is 22.6 Å². The molecule has 4 N–H and O–H groups in total. The van der Waals surface area contributed by atoms with Crippen molar-refractivity contribution in [2.75, 3.05) is 56.1 Å². The number of likely N-dealkylation sites (N-methyl/N-ethyl adjacent to an activating group) is 1. The third-order valence-electron chi connectivity index (χ3n) is 7.45. The molecule has 5 heterocycles. The Hall–Kier alpha value is -3.95. The predicted octanol–water partition coefficient (Wildman–Crippen LogP) is 3.07. The van der Waals surface area contributed by atoms with E-state index in [4.69, 9.17) is 10.7 Å². The molecule has 2 aliphatic heterocycles. The van der Waals surface area contributed by atoms with Gasteiger partial charge in [-0.1, -0.05) is 12.1 Å². The van der Waals surface area contributed by atoms with Crippen LogP contribution in [-0.4, -0.2) is 82.4 Å². The highest BCUT2D eigenvalue weighted by Gasteiger charge is 2.25. The molecule has 0 aliphatic carbocycles. The van der Waals surface area contributed by atoms with Crippen LogP contribution in [0.1, 0.15) is 0 Å². The minimum atomic E-state index is 0.216. The van der Waals surface area contributed by atoms with Gasteiger partial charge in [0.15, 0.2) is 0 Å². The van der Waals surface area contributed by atoms with Gasteiger partial charge in [-0.3, -0.25) is 10.1 Å². The molecule has 3 aromatic heterocycles. The fourth-order valence-corrected chi connectivity index (χ4v) is 5.32. The minimum absolute atomic E-state index is 0.216. The van der Waals surface area contributed by atoms with E-state index in [9.17, 15) is 0 Å². The van der Waals surface area contributed by atoms with Gasteiger partial charge in [0.05, 0.1) is 29.3 Å². The van der Waals surface area contributed by atoms with Crippen molar-refractivity contribution in [1.82, 2.24) is 30.0 Å². The zero-order valence-corrected chi connectivity index (χ0v) is 20.3. The monoisotopic (exact) mass is 479 g/mol. The summed E-state index contributed by atoms with van der Waals surface area (Å²) in [4.78, 5) is 19.9. The van der Waals surface area contributed by atoms with Gasteiger partial charge in [0.1, 0.15) is 11.5 Å². The van der Waals surface area contributed by atoms with E-state index < -0.39 is 0 Å². The van der Waals surface area contributed by atoms with Gasteiger partial charge in [0.2, 0.25) is 0 Å². The normalized spacial score (nSPS) is 17.3. The lowest BCUT2D eigenvalue weighted by Crippen LogP contribution is -2.56. The molecule has 2 aromatic carbocycles. The lowest BCUT2D eigenvalue weighted by Gasteiger charge is -2.37. The zero-order chi connectivity index (χ0) is 24.2. The number of benzene rings is 2. The molecule has 182 valence electrons. The van der Waals surface area contributed by atoms with Crippen LogP contribution in [0.5, 0.6) is 0 Å². The lowest BCUT2D eigenvalue weighted by molar-refractivity contribution is 0.313. The molecule has 0 saturated carbocycles. The highest BCUT2D eigenvalue weighted by atomic mass is 15.3. The summed E-state index contributed by atoms with van der Waals surface area (Å²) in [7, 11) is 2.19. The van der Waals surface area contributed by atoms with Crippen molar-refractivity contribution in [1.29, 1.82) is 0 Å². The quantitative estimate of drug-likeness (QED) is 0.364. The SMILES string of the molecule is CN1CCN(c2cccc3[nH]c(-c4n[nH]c5ccc(-c6cncc(N7CC(N)C7)n6)cc45)cc23)CC1. The number of piperazine rings is 1. The fourth-order valence-electron chi connectivity index (χ4n) is 5.32. The van der Waals surface area contributed by atoms with E-state index in [1.807, 2.05) is 6.20 Å². The summed E-state index contributed by atoms with van der Waals surface area (Å²) in [5.41, 5.74) is 13.1. The van der Waals surface area contributed by atoms with Crippen molar-refractivity contribution < 1.29 is 0 Å². The summed E-state index contributed by atoms with van der Waals surface area (Å²) < 4.78 is 0. The Kier molecular flexibility index (Phi) is 4.93. The number of nitrogens with one attached hydrogen (secondary N) is 2. The number of aromatic amines is 2. The Balaban J connectivity index is 1.26. The van der Waals surface area contributed by atoms with Crippen LogP contribution in [0, 0.1) is 0 Å². The molecule has 2 saturated heterocycles. The van der Waals surface area contributed by atoms with Crippen molar-refractivity contribution in [2.45, 2.75) is 6.04 Å². The van der Waals surface area contributed by atoms with E-state index in [0.717, 1.165) is 84.2 Å². The molecule has 0 bridgehead atoms. The number of hydrogen-bond donors (Lipinski definition) is 3. The van der Waals surface area contributed by atoms with Gasteiger partial charge in [-0.15, -0.1) is 0 Å². The van der Waals surface area contributed by atoms with Gasteiger partial charge in [-0.05, 0) is 37.4 Å². The predicted molar refractivity (Wildman–Crippen MR) is 144 cm³/mol. The first-order valence-corrected chi connectivity index (χ1v) is 12.5. The van der Waals surface area contributed by atoms with E-state index >= 15 is 0 Å². The highest BCUT2D eigenvalue weighted by molar-refractivity contribution is 6.00. The second kappa shape index (κ2) is 8.32. The maximum absolute atomic E-state index is 5.95. The smallest absolute Gasteiger partial charge is 0.147 e. The number of aromatic nitrogens is 5. The van der Waals surface area contributed by atoms with Crippen LogP contribution >= 0.6 is 0 Å². The standard InChI is InChI=1S/C27H29N9/c1-34-7-9-35(10-8-34)25-4-2-3-21-19(25)12-23(30-21)27-20-11-17(5-6-22(20)32-33-27)24-13-29-14-26(31-24)36-15-18(28)16-36/h2-6,11-14,18,30H,7-10,15-16,28H2,1H3,(H,32,33). The Morgan fingerprint density at radius 1 is 0.917 bits per heavy atom. The summed E-state index contributed by atoms with van der Waals surface area (Å²) in [6.07, 6.45) is 3.62. The fraction of sp³-hybridized carbons (Fsp3) is 0.296. The molecule has 0 amide bonds. The van der Waals surface area contributed by atoms with Crippen LogP contribution in [0.3, 0.4) is 0 Å². The third kappa shape index (κ3) is 3.59. The van der Waals surface area contributed by atoms with Crippen molar-refractivity contribution in [2.24, 2.45) is 5.73 Å². The average Bonchev–Trinajstić information content (AvgIpc) is 3.51. The van der Waals surface area contributed by atoms with Crippen LogP contribution < -0.4 is 15.5 Å². The van der Waals surface area contributed by atoms with E-state index in [2.05, 4.69) is 84.4 Å². The van der Waals surface area contributed by atoms with Crippen LogP contribution in [0.4, 0.5) is 11.5 Å². The van der Waals surface area contributed by atoms with Gasteiger partial charge in [-0.2, -0.15) is 5.10 Å². The van der Waals surface area contributed by atoms with E-state index in [-0.39, 0.29) is 6.04 Å². The molecule has 0 spiro atoms. The van der Waals surface area contributed by atoms with Gasteiger partial charge >= 0.3 is 0 Å². The largest absolute Gasteiger partial charge is 0.368 e. The molecule has 2 aliphatic rings. The lowest BCUT2D eigenvalue weighted by atomic mass is 10.1. The Bertz CT molecular complexity index is 1550. The first-order chi connectivity index (χ1) is 17.6. The van der Waals surface area contributed by atoms with E-state index in [1.54, 1.807) is 6.20 Å². The number of anilines is 2. The van der Waals surface area contributed by atoms with Crippen molar-refractivity contribution in [3.63, 3.8) is 0 Å². The molecule has 2 fully saturated rings. The second-order valence-electron chi connectivity index (χ2n) is 9.97. The van der Waals surface area contributed by atoms with Gasteiger partial charge in [-0.25, -0.2) is 4.98 Å². The Morgan fingerprint density at radius 3 is 2.61 bits per heavy atom. The summed E-state index contributed by atoms with van der Waals surface area (Å²) >= 11 is 0. The van der Waals surface area contributed by atoms with Crippen LogP contribution in [0.2, 0.25) is 0 Å². The number of nitrogens with zero attached hydrogens (tertiary/aromatic N) is 6. The third-order valence-corrected chi connectivity index (χ3v) is 7.45. The number of rotatable bonds is 4. The van der Waals surface area contributed by atoms with Gasteiger partial charge in [0, 0.05) is 72.9 Å². The molecular formula is C27H29N9. The van der Waals surface area contributed by atoms with E-state index in [1.165, 1.54) is 11.1 Å². The highest BCUT2D eigenvalue weighted by Crippen LogP contribution is 2.35. The molecule has 36 heavy (non-hydrogen) atoms. The second-order valence-corrected chi connectivity index (χ2v) is 9.97. The summed E-state index contributed by atoms with van der Waals surface area (Å²) in [6, 6.07) is 15.2. The number of hydrogen-bond acceptors (Lipinski definition) is 7. The van der Waals surface area contributed by atoms with Crippen molar-refractivity contribution in [3.05, 3.63) is 54.9 Å². The molecule has 0 radical (unpaired) electrons. The molecule has 0 unspecified atom stereocenters. The molecule has 5 aromatic rings. The summed E-state index contributed by atoms with van der Waals surface area (Å²) in [6.45, 7) is 5.87. The number of H-pyrrole nitrogens is 2. The first kappa shape index (κ1) is 21.3. The molecule has 9 heteroatoms. The van der Waals surface area contributed by atoms with Gasteiger partial charge < -0.3 is 25.4 Å². The molecular weight excluding hydrogens is 450 g/mol. The number of nitrogens with two attached hydrogens (primary N) is 1. The number of fused-ring (bicyclic) bond motifs is 2. The summed E-state index contributed by atoms with van der Waals surface area (Å²) in [5.74, 6) is 0.869. The maximum atomic E-state index is 5.95. The minimum Gasteiger partial charge on any atom is -0.368 e. The first-order valence-electron chi connectivity index (χ1n) is 12.5. The topological polar surface area (TPSA) is 106 Å². The zero-order valence-electron chi connectivity index (χ0n) is 20.3. The summed E-state index contributed by atoms with van der Waals surface area (Å²) in [5, 5.41) is 10.2. The molecule has 7 rings (SSSR count). The van der Waals surface area contributed by atoms with Gasteiger partial charge in [0.25, 0.3) is 0 Å². The van der Waals surface area contributed by atoms with Crippen molar-refractivity contribution >= 4 is 33.3 Å².